The minimum atomic E-state index is 0.728. The first-order valence-corrected chi connectivity index (χ1v) is 6.55. The molecular weight excluding hydrogens is 246 g/mol. The largest absolute Gasteiger partial charge is 0.399 e. The van der Waals surface area contributed by atoms with Crippen molar-refractivity contribution in [2.24, 2.45) is 10.2 Å². The van der Waals surface area contributed by atoms with E-state index < -0.39 is 0 Å². The highest BCUT2D eigenvalue weighted by atomic mass is 15.1. The molecule has 2 aromatic rings. The minimum Gasteiger partial charge on any atom is -0.399 e. The second kappa shape index (κ2) is 5.53. The van der Waals surface area contributed by atoms with Crippen LogP contribution in [0, 0.1) is 0 Å². The zero-order chi connectivity index (χ0) is 13.8. The zero-order valence-electron chi connectivity index (χ0n) is 11.0. The molecule has 0 saturated carbocycles. The maximum atomic E-state index is 5.63. The van der Waals surface area contributed by atoms with Gasteiger partial charge in [-0.3, -0.25) is 0 Å². The highest BCUT2D eigenvalue weighted by molar-refractivity contribution is 5.71. The molecule has 3 heteroatoms. The van der Waals surface area contributed by atoms with E-state index in [0.717, 1.165) is 23.5 Å². The molecule has 0 spiro atoms. The van der Waals surface area contributed by atoms with Gasteiger partial charge in [-0.2, -0.15) is 10.2 Å². The number of anilines is 1. The summed E-state index contributed by atoms with van der Waals surface area (Å²) in [5, 5.41) is 8.41. The highest BCUT2D eigenvalue weighted by Crippen LogP contribution is 2.26. The quantitative estimate of drug-likeness (QED) is 0.611. The van der Waals surface area contributed by atoms with Gasteiger partial charge in [0.2, 0.25) is 0 Å². The molecule has 0 amide bonds. The number of nitrogens with two attached hydrogens (primary N) is 1. The van der Waals surface area contributed by atoms with Crippen LogP contribution in [-0.4, -0.2) is 0 Å². The van der Waals surface area contributed by atoms with Crippen molar-refractivity contribution in [2.75, 3.05) is 5.73 Å². The number of hydrogen-bond acceptors (Lipinski definition) is 3. The van der Waals surface area contributed by atoms with Crippen molar-refractivity contribution in [3.8, 4) is 0 Å². The van der Waals surface area contributed by atoms with Crippen molar-refractivity contribution >= 4 is 22.6 Å². The van der Waals surface area contributed by atoms with E-state index in [2.05, 4.69) is 40.6 Å². The van der Waals surface area contributed by atoms with Gasteiger partial charge in [0.05, 0.1) is 11.4 Å². The predicted octanol–water partition coefficient (Wildman–Crippen LogP) is 5.03. The number of hydrogen-bond donors (Lipinski definition) is 1. The van der Waals surface area contributed by atoms with Crippen molar-refractivity contribution in [3.63, 3.8) is 0 Å². The fourth-order valence-corrected chi connectivity index (χ4v) is 2.06. The van der Waals surface area contributed by atoms with Gasteiger partial charge in [0.15, 0.2) is 0 Å². The molecule has 0 atom stereocenters. The summed E-state index contributed by atoms with van der Waals surface area (Å²) in [6.45, 7) is 0. The molecule has 0 radical (unpaired) electrons. The van der Waals surface area contributed by atoms with Crippen LogP contribution in [0.5, 0.6) is 0 Å². The van der Waals surface area contributed by atoms with E-state index in [-0.39, 0.29) is 0 Å². The summed E-state index contributed by atoms with van der Waals surface area (Å²) in [7, 11) is 0. The molecule has 3 nitrogen and oxygen atoms in total. The van der Waals surface area contributed by atoms with E-state index in [9.17, 15) is 0 Å². The first kappa shape index (κ1) is 12.4. The summed E-state index contributed by atoms with van der Waals surface area (Å²) >= 11 is 0. The topological polar surface area (TPSA) is 50.7 Å². The van der Waals surface area contributed by atoms with E-state index in [4.69, 9.17) is 5.73 Å². The Morgan fingerprint density at radius 2 is 1.40 bits per heavy atom. The average Bonchev–Trinajstić information content (AvgIpc) is 3.01. The van der Waals surface area contributed by atoms with Crippen molar-refractivity contribution in [3.05, 3.63) is 72.3 Å². The van der Waals surface area contributed by atoms with Crippen LogP contribution in [0.25, 0.3) is 5.57 Å². The monoisotopic (exact) mass is 261 g/mol. The number of allylic oxidation sites excluding steroid dienone is 4. The Kier molecular flexibility index (Phi) is 3.42. The summed E-state index contributed by atoms with van der Waals surface area (Å²) in [5.74, 6) is 0. The average molecular weight is 261 g/mol. The molecule has 2 aromatic carbocycles. The molecule has 2 N–H and O–H groups in total. The minimum absolute atomic E-state index is 0.728. The molecule has 1 aliphatic rings. The van der Waals surface area contributed by atoms with Crippen LogP contribution in [0.2, 0.25) is 0 Å². The van der Waals surface area contributed by atoms with Gasteiger partial charge >= 0.3 is 0 Å². The smallest absolute Gasteiger partial charge is 0.0858 e. The van der Waals surface area contributed by atoms with E-state index in [0.29, 0.717) is 0 Å². The molecule has 0 saturated heterocycles. The molecule has 0 aliphatic heterocycles. The molecule has 0 unspecified atom stereocenters. The third-order valence-corrected chi connectivity index (χ3v) is 3.18. The van der Waals surface area contributed by atoms with Crippen molar-refractivity contribution in [2.45, 2.75) is 6.42 Å². The van der Waals surface area contributed by atoms with Gasteiger partial charge in [-0.05, 0) is 54.0 Å². The van der Waals surface area contributed by atoms with E-state index >= 15 is 0 Å². The molecule has 0 aromatic heterocycles. The first-order valence-electron chi connectivity index (χ1n) is 6.55. The lowest BCUT2D eigenvalue weighted by Crippen LogP contribution is -1.80. The van der Waals surface area contributed by atoms with Gasteiger partial charge in [-0.25, -0.2) is 0 Å². The first-order chi connectivity index (χ1) is 9.81. The van der Waals surface area contributed by atoms with Crippen LogP contribution < -0.4 is 5.73 Å². The van der Waals surface area contributed by atoms with Gasteiger partial charge in [0.1, 0.15) is 0 Å². The molecule has 0 fully saturated rings. The highest BCUT2D eigenvalue weighted by Gasteiger charge is 2.02. The summed E-state index contributed by atoms with van der Waals surface area (Å²) in [6.07, 6.45) is 7.39. The summed E-state index contributed by atoms with van der Waals surface area (Å²) in [4.78, 5) is 0. The lowest BCUT2D eigenvalue weighted by Gasteiger charge is -2.01. The third kappa shape index (κ3) is 2.83. The van der Waals surface area contributed by atoms with E-state index in [1.807, 2.05) is 36.4 Å². The van der Waals surface area contributed by atoms with Crippen LogP contribution in [0.1, 0.15) is 12.0 Å². The number of rotatable bonds is 3. The summed E-state index contributed by atoms with van der Waals surface area (Å²) < 4.78 is 0. The molecule has 98 valence electrons. The van der Waals surface area contributed by atoms with Gasteiger partial charge in [-0.1, -0.05) is 30.4 Å². The molecule has 0 heterocycles. The Morgan fingerprint density at radius 3 is 1.95 bits per heavy atom. The zero-order valence-corrected chi connectivity index (χ0v) is 11.0. The molecule has 1 aliphatic carbocycles. The van der Waals surface area contributed by atoms with Crippen LogP contribution >= 0.6 is 0 Å². The Morgan fingerprint density at radius 1 is 0.800 bits per heavy atom. The second-order valence-electron chi connectivity index (χ2n) is 4.66. The van der Waals surface area contributed by atoms with Crippen LogP contribution in [0.3, 0.4) is 0 Å². The van der Waals surface area contributed by atoms with Gasteiger partial charge < -0.3 is 5.73 Å². The lowest BCUT2D eigenvalue weighted by molar-refractivity contribution is 1.23. The molecule has 3 rings (SSSR count). The number of nitrogens with zero attached hydrogens (tertiary/aromatic N) is 2. The Bertz CT molecular complexity index is 677. The standard InChI is InChI=1S/C17H15N3/c18-15-7-11-17(12-8-15)20-19-16-9-5-14(6-10-16)13-3-1-2-4-13/h1-3,5-12H,4,18H2. The number of azo groups is 1. The normalized spacial score (nSPS) is 13.9. The Balaban J connectivity index is 1.73. The fourth-order valence-electron chi connectivity index (χ4n) is 2.06. The van der Waals surface area contributed by atoms with Crippen molar-refractivity contribution < 1.29 is 0 Å². The van der Waals surface area contributed by atoms with Crippen LogP contribution in [-0.2, 0) is 0 Å². The van der Waals surface area contributed by atoms with Crippen molar-refractivity contribution in [1.29, 1.82) is 0 Å². The van der Waals surface area contributed by atoms with Crippen molar-refractivity contribution in [1.82, 2.24) is 0 Å². The molecule has 20 heavy (non-hydrogen) atoms. The fraction of sp³-hybridized carbons (Fsp3) is 0.0588. The van der Waals surface area contributed by atoms with Gasteiger partial charge in [0, 0.05) is 5.69 Å². The summed E-state index contributed by atoms with van der Waals surface area (Å²) in [5.41, 5.74) is 10.6. The molecular formula is C17H15N3. The lowest BCUT2D eigenvalue weighted by atomic mass is 10.1. The van der Waals surface area contributed by atoms with Crippen LogP contribution in [0.15, 0.2) is 77.0 Å². The van der Waals surface area contributed by atoms with Crippen LogP contribution in [0.4, 0.5) is 17.1 Å². The Labute approximate surface area is 118 Å². The van der Waals surface area contributed by atoms with E-state index in [1.54, 1.807) is 0 Å². The summed E-state index contributed by atoms with van der Waals surface area (Å²) in [6, 6.07) is 15.5. The SMILES string of the molecule is Nc1ccc(N=Nc2ccc(C3=CC=CC3)cc2)cc1. The number of nitrogen functional groups attached to an aromatic ring is 1. The number of benzene rings is 2. The predicted molar refractivity (Wildman–Crippen MR) is 83.2 cm³/mol. The molecule has 0 bridgehead atoms. The van der Waals surface area contributed by atoms with Gasteiger partial charge in [0.25, 0.3) is 0 Å². The van der Waals surface area contributed by atoms with Gasteiger partial charge in [-0.15, -0.1) is 0 Å². The second-order valence-corrected chi connectivity index (χ2v) is 4.66. The third-order valence-electron chi connectivity index (χ3n) is 3.18. The van der Waals surface area contributed by atoms with E-state index in [1.165, 1.54) is 11.1 Å². The maximum absolute atomic E-state index is 5.63. The Hall–Kier alpha value is -2.68. The maximum Gasteiger partial charge on any atom is 0.0858 e.